The van der Waals surface area contributed by atoms with Gasteiger partial charge in [-0.15, -0.1) is 0 Å². The number of rotatable bonds is 5. The second-order valence-electron chi connectivity index (χ2n) is 4.30. The maximum Gasteiger partial charge on any atom is 0.457 e. The lowest BCUT2D eigenvalue weighted by atomic mass is 10.0. The molecule has 2 nitrogen and oxygen atoms in total. The Morgan fingerprint density at radius 2 is 1.78 bits per heavy atom. The molecule has 0 unspecified atom stereocenters. The van der Waals surface area contributed by atoms with Crippen LogP contribution in [0.5, 0.6) is 0 Å². The summed E-state index contributed by atoms with van der Waals surface area (Å²) >= 11 is 0. The van der Waals surface area contributed by atoms with Gasteiger partial charge in [0.05, 0.1) is 12.4 Å². The van der Waals surface area contributed by atoms with Crippen molar-refractivity contribution < 1.29 is 26.7 Å². The third-order valence-corrected chi connectivity index (χ3v) is 2.92. The summed E-state index contributed by atoms with van der Waals surface area (Å²) in [6.45, 7) is 3.97. The molecule has 0 bridgehead atoms. The van der Waals surface area contributed by atoms with Crippen molar-refractivity contribution in [1.82, 2.24) is 5.32 Å². The lowest BCUT2D eigenvalue weighted by molar-refractivity contribution is -0.266. The molecule has 0 aromatic carbocycles. The van der Waals surface area contributed by atoms with E-state index in [0.29, 0.717) is 13.1 Å². The highest BCUT2D eigenvalue weighted by molar-refractivity contribution is 5.18. The molecule has 106 valence electrons. The van der Waals surface area contributed by atoms with Crippen LogP contribution in [0, 0.1) is 5.92 Å². The van der Waals surface area contributed by atoms with Crippen LogP contribution in [0.25, 0.3) is 0 Å². The number of alkyl halides is 5. The van der Waals surface area contributed by atoms with Gasteiger partial charge in [-0.1, -0.05) is 6.92 Å². The lowest BCUT2D eigenvalue weighted by Crippen LogP contribution is -2.44. The summed E-state index contributed by atoms with van der Waals surface area (Å²) in [6, 6.07) is 0. The Hall–Kier alpha value is -0.850. The molecule has 0 aromatic heterocycles. The van der Waals surface area contributed by atoms with E-state index in [4.69, 9.17) is 4.74 Å². The fourth-order valence-corrected chi connectivity index (χ4v) is 1.66. The maximum absolute atomic E-state index is 13.2. The number of nitrogens with one attached hydrogen (secondary N) is 1. The second-order valence-corrected chi connectivity index (χ2v) is 4.30. The first kappa shape index (κ1) is 15.2. The van der Waals surface area contributed by atoms with Gasteiger partial charge in [-0.05, 0) is 13.3 Å². The first-order chi connectivity index (χ1) is 8.20. The zero-order valence-corrected chi connectivity index (χ0v) is 10.2. The van der Waals surface area contributed by atoms with Crippen LogP contribution in [0.2, 0.25) is 0 Å². The molecule has 1 heterocycles. The smallest absolute Gasteiger partial charge is 0.457 e. The van der Waals surface area contributed by atoms with Crippen molar-refractivity contribution in [2.45, 2.75) is 32.4 Å². The fourth-order valence-electron chi connectivity index (χ4n) is 1.66. The lowest BCUT2D eigenvalue weighted by Gasteiger charge is -2.28. The molecular formula is C11H16F5NO. The van der Waals surface area contributed by atoms with Crippen LogP contribution in [0.15, 0.2) is 11.3 Å². The molecule has 0 atom stereocenters. The Balaban J connectivity index is 2.77. The predicted molar refractivity (Wildman–Crippen MR) is 56.3 cm³/mol. The third kappa shape index (κ3) is 3.13. The van der Waals surface area contributed by atoms with E-state index in [0.717, 1.165) is 6.92 Å². The first-order valence-corrected chi connectivity index (χ1v) is 5.68. The summed E-state index contributed by atoms with van der Waals surface area (Å²) < 4.78 is 68.2. The number of hydrogen-bond acceptors (Lipinski definition) is 2. The van der Waals surface area contributed by atoms with E-state index in [1.54, 1.807) is 0 Å². The predicted octanol–water partition coefficient (Wildman–Crippen LogP) is 3.10. The minimum atomic E-state index is -5.58. The SMILES string of the molecule is CC/C(=C(\C)OCC1CNC1)C(F)(F)C(F)(F)F. The summed E-state index contributed by atoms with van der Waals surface area (Å²) in [5.74, 6) is -4.98. The quantitative estimate of drug-likeness (QED) is 0.614. The number of ether oxygens (including phenoxy) is 1. The molecular weight excluding hydrogens is 257 g/mol. The molecule has 0 amide bonds. The van der Waals surface area contributed by atoms with Crippen LogP contribution in [-0.2, 0) is 4.74 Å². The molecule has 0 radical (unpaired) electrons. The number of halogens is 5. The molecule has 0 spiro atoms. The van der Waals surface area contributed by atoms with Crippen LogP contribution < -0.4 is 5.32 Å². The Kier molecular flexibility index (Phi) is 4.58. The molecule has 18 heavy (non-hydrogen) atoms. The first-order valence-electron chi connectivity index (χ1n) is 5.68. The minimum Gasteiger partial charge on any atom is -0.498 e. The van der Waals surface area contributed by atoms with Gasteiger partial charge < -0.3 is 10.1 Å². The molecule has 7 heteroatoms. The molecule has 1 rings (SSSR count). The van der Waals surface area contributed by atoms with Crippen molar-refractivity contribution >= 4 is 0 Å². The average molecular weight is 273 g/mol. The van der Waals surface area contributed by atoms with Crippen LogP contribution in [0.4, 0.5) is 22.0 Å². The highest BCUT2D eigenvalue weighted by Crippen LogP contribution is 2.43. The highest BCUT2D eigenvalue weighted by atomic mass is 19.4. The Bertz CT molecular complexity index is 320. The largest absolute Gasteiger partial charge is 0.498 e. The highest BCUT2D eigenvalue weighted by Gasteiger charge is 2.60. The van der Waals surface area contributed by atoms with Gasteiger partial charge in [0.2, 0.25) is 0 Å². The van der Waals surface area contributed by atoms with Gasteiger partial charge in [-0.25, -0.2) is 0 Å². The van der Waals surface area contributed by atoms with Crippen molar-refractivity contribution in [3.8, 4) is 0 Å². The summed E-state index contributed by atoms with van der Waals surface area (Å²) in [7, 11) is 0. The van der Waals surface area contributed by atoms with Crippen molar-refractivity contribution in [3.05, 3.63) is 11.3 Å². The zero-order valence-electron chi connectivity index (χ0n) is 10.2. The Labute approximate surface area is 102 Å². The molecule has 0 saturated carbocycles. The van der Waals surface area contributed by atoms with Gasteiger partial charge in [-0.2, -0.15) is 22.0 Å². The van der Waals surface area contributed by atoms with Gasteiger partial charge in [0.15, 0.2) is 0 Å². The normalized spacial score (nSPS) is 19.3. The van der Waals surface area contributed by atoms with Gasteiger partial charge in [-0.3, -0.25) is 0 Å². The molecule has 1 aliphatic heterocycles. The van der Waals surface area contributed by atoms with Gasteiger partial charge in [0.25, 0.3) is 0 Å². The minimum absolute atomic E-state index is 0.163. The van der Waals surface area contributed by atoms with Gasteiger partial charge in [0, 0.05) is 24.6 Å². The Morgan fingerprint density at radius 1 is 1.22 bits per heavy atom. The fraction of sp³-hybridized carbons (Fsp3) is 0.818. The van der Waals surface area contributed by atoms with Crippen LogP contribution >= 0.6 is 0 Å². The van der Waals surface area contributed by atoms with Gasteiger partial charge >= 0.3 is 12.1 Å². The van der Waals surface area contributed by atoms with Crippen LogP contribution in [0.3, 0.4) is 0 Å². The van der Waals surface area contributed by atoms with E-state index in [1.165, 1.54) is 6.92 Å². The maximum atomic E-state index is 13.2. The van der Waals surface area contributed by atoms with Crippen LogP contribution in [0.1, 0.15) is 20.3 Å². The summed E-state index contributed by atoms with van der Waals surface area (Å²) in [4.78, 5) is 0. The standard InChI is InChI=1S/C11H16F5NO/c1-3-9(10(12,13)11(14,15)16)7(2)18-6-8-4-17-5-8/h8,17H,3-6H2,1-2H3/b9-7-. The van der Waals surface area contributed by atoms with Crippen molar-refractivity contribution in [2.75, 3.05) is 19.7 Å². The van der Waals surface area contributed by atoms with E-state index in [-0.39, 0.29) is 18.3 Å². The molecule has 1 fully saturated rings. The van der Waals surface area contributed by atoms with E-state index < -0.39 is 24.1 Å². The van der Waals surface area contributed by atoms with Crippen molar-refractivity contribution in [3.63, 3.8) is 0 Å². The van der Waals surface area contributed by atoms with E-state index >= 15 is 0 Å². The van der Waals surface area contributed by atoms with Crippen LogP contribution in [-0.4, -0.2) is 31.8 Å². The third-order valence-electron chi connectivity index (χ3n) is 2.92. The second kappa shape index (κ2) is 5.42. The van der Waals surface area contributed by atoms with E-state index in [2.05, 4.69) is 5.32 Å². The monoisotopic (exact) mass is 273 g/mol. The summed E-state index contributed by atoms with van der Waals surface area (Å²) in [5.41, 5.74) is -0.998. The topological polar surface area (TPSA) is 21.3 Å². The summed E-state index contributed by atoms with van der Waals surface area (Å²) in [6.07, 6.45) is -5.98. The molecule has 1 N–H and O–H groups in total. The van der Waals surface area contributed by atoms with E-state index in [9.17, 15) is 22.0 Å². The van der Waals surface area contributed by atoms with Crippen molar-refractivity contribution in [1.29, 1.82) is 0 Å². The molecule has 0 aliphatic carbocycles. The molecule has 0 aromatic rings. The molecule has 1 aliphatic rings. The zero-order chi connectivity index (χ0) is 14.0. The van der Waals surface area contributed by atoms with E-state index in [1.807, 2.05) is 0 Å². The Morgan fingerprint density at radius 3 is 2.11 bits per heavy atom. The number of allylic oxidation sites excluding steroid dienone is 2. The van der Waals surface area contributed by atoms with Crippen molar-refractivity contribution in [2.24, 2.45) is 5.92 Å². The average Bonchev–Trinajstić information content (AvgIpc) is 2.13. The van der Waals surface area contributed by atoms with Gasteiger partial charge in [0.1, 0.15) is 0 Å². The summed E-state index contributed by atoms with van der Waals surface area (Å²) in [5, 5.41) is 2.96. The number of hydrogen-bond donors (Lipinski definition) is 1. The molecule has 1 saturated heterocycles.